The normalized spacial score (nSPS) is 11.8. The first kappa shape index (κ1) is 10.7. The van der Waals surface area contributed by atoms with Gasteiger partial charge in [0.05, 0.1) is 10.0 Å². The van der Waals surface area contributed by atoms with E-state index in [1.807, 2.05) is 0 Å². The first-order chi connectivity index (χ1) is 5.43. The minimum atomic E-state index is -1.53. The van der Waals surface area contributed by atoms with Crippen molar-refractivity contribution in [3.05, 3.63) is 33.8 Å². The Morgan fingerprint density at radius 1 is 1.00 bits per heavy atom. The van der Waals surface area contributed by atoms with Crippen molar-refractivity contribution in [3.63, 3.8) is 0 Å². The second kappa shape index (κ2) is 3.81. The maximum atomic E-state index is 5.79. The van der Waals surface area contributed by atoms with Crippen LogP contribution in [0.2, 0.25) is 10.0 Å². The maximum absolute atomic E-state index is 5.79. The molecule has 0 radical (unpaired) electrons. The third kappa shape index (κ3) is 2.34. The summed E-state index contributed by atoms with van der Waals surface area (Å²) in [6.45, 7) is 0. The molecule has 0 N–H and O–H groups in total. The van der Waals surface area contributed by atoms with Crippen LogP contribution in [0.25, 0.3) is 0 Å². The van der Waals surface area contributed by atoms with Crippen LogP contribution in [0.15, 0.2) is 18.2 Å². The van der Waals surface area contributed by atoms with Crippen LogP contribution in [0.1, 0.15) is 5.56 Å². The molecule has 0 spiro atoms. The molecule has 12 heavy (non-hydrogen) atoms. The molecular formula is C7H3Cl5. The van der Waals surface area contributed by atoms with Gasteiger partial charge in [-0.1, -0.05) is 70.1 Å². The number of alkyl halides is 3. The Balaban J connectivity index is 3.26. The molecule has 5 heteroatoms. The van der Waals surface area contributed by atoms with Gasteiger partial charge in [0, 0.05) is 5.56 Å². The Kier molecular flexibility index (Phi) is 3.41. The van der Waals surface area contributed by atoms with Gasteiger partial charge in [0.2, 0.25) is 3.79 Å². The van der Waals surface area contributed by atoms with E-state index in [1.165, 1.54) is 0 Å². The molecule has 0 saturated carbocycles. The predicted octanol–water partition coefficient (Wildman–Crippen LogP) is 4.82. The third-order valence-corrected chi connectivity index (χ3v) is 2.69. The number of hydrogen-bond donors (Lipinski definition) is 0. The average Bonchev–Trinajstić information content (AvgIpc) is 1.92. The fourth-order valence-electron chi connectivity index (χ4n) is 0.723. The highest BCUT2D eigenvalue weighted by Crippen LogP contribution is 2.43. The molecule has 1 rings (SSSR count). The molecule has 0 aromatic heterocycles. The van der Waals surface area contributed by atoms with E-state index in [-0.39, 0.29) is 5.02 Å². The summed E-state index contributed by atoms with van der Waals surface area (Å²) >= 11 is 28.4. The van der Waals surface area contributed by atoms with E-state index in [9.17, 15) is 0 Å². The van der Waals surface area contributed by atoms with E-state index in [1.54, 1.807) is 18.2 Å². The van der Waals surface area contributed by atoms with Gasteiger partial charge in [0.1, 0.15) is 0 Å². The highest BCUT2D eigenvalue weighted by Gasteiger charge is 2.26. The minimum absolute atomic E-state index is 0.277. The van der Waals surface area contributed by atoms with Gasteiger partial charge < -0.3 is 0 Å². The fourth-order valence-corrected chi connectivity index (χ4v) is 1.78. The van der Waals surface area contributed by atoms with Gasteiger partial charge in [-0.25, -0.2) is 0 Å². The van der Waals surface area contributed by atoms with Gasteiger partial charge in [-0.2, -0.15) is 0 Å². The van der Waals surface area contributed by atoms with Crippen molar-refractivity contribution < 1.29 is 0 Å². The molecule has 0 fully saturated rings. The lowest BCUT2D eigenvalue weighted by molar-refractivity contribution is 1.24. The number of benzene rings is 1. The lowest BCUT2D eigenvalue weighted by Gasteiger charge is -2.13. The summed E-state index contributed by atoms with van der Waals surface area (Å²) in [6, 6.07) is 4.91. The molecule has 0 heterocycles. The SMILES string of the molecule is Clc1cccc(C(Cl)(Cl)Cl)c1Cl. The van der Waals surface area contributed by atoms with Crippen molar-refractivity contribution in [2.45, 2.75) is 3.79 Å². The van der Waals surface area contributed by atoms with E-state index in [0.717, 1.165) is 0 Å². The maximum Gasteiger partial charge on any atom is 0.217 e. The molecular weight excluding hydrogens is 261 g/mol. The zero-order chi connectivity index (χ0) is 9.35. The Labute approximate surface area is 95.3 Å². The third-order valence-electron chi connectivity index (χ3n) is 1.26. The summed E-state index contributed by atoms with van der Waals surface area (Å²) < 4.78 is -1.53. The summed E-state index contributed by atoms with van der Waals surface area (Å²) in [5.41, 5.74) is 0.390. The van der Waals surface area contributed by atoms with Crippen molar-refractivity contribution in [1.29, 1.82) is 0 Å². The molecule has 0 aliphatic rings. The van der Waals surface area contributed by atoms with E-state index in [0.29, 0.717) is 10.6 Å². The topological polar surface area (TPSA) is 0 Å². The molecule has 0 aliphatic carbocycles. The van der Waals surface area contributed by atoms with Crippen molar-refractivity contribution in [1.82, 2.24) is 0 Å². The molecule has 1 aromatic carbocycles. The second-order valence-electron chi connectivity index (χ2n) is 2.10. The number of rotatable bonds is 0. The number of halogens is 5. The van der Waals surface area contributed by atoms with Gasteiger partial charge in [-0.15, -0.1) is 0 Å². The van der Waals surface area contributed by atoms with E-state index in [4.69, 9.17) is 58.0 Å². The smallest absolute Gasteiger partial charge is 0.0827 e. The molecule has 0 unspecified atom stereocenters. The molecule has 0 aliphatic heterocycles. The zero-order valence-electron chi connectivity index (χ0n) is 5.62. The lowest BCUT2D eigenvalue weighted by atomic mass is 10.2. The largest absolute Gasteiger partial charge is 0.217 e. The van der Waals surface area contributed by atoms with Gasteiger partial charge in [-0.05, 0) is 6.07 Å². The van der Waals surface area contributed by atoms with Crippen molar-refractivity contribution >= 4 is 58.0 Å². The van der Waals surface area contributed by atoms with Gasteiger partial charge >= 0.3 is 0 Å². The second-order valence-corrected chi connectivity index (χ2v) is 5.17. The van der Waals surface area contributed by atoms with Crippen LogP contribution in [0, 0.1) is 0 Å². The van der Waals surface area contributed by atoms with Crippen molar-refractivity contribution in [3.8, 4) is 0 Å². The number of hydrogen-bond acceptors (Lipinski definition) is 0. The van der Waals surface area contributed by atoms with E-state index in [2.05, 4.69) is 0 Å². The van der Waals surface area contributed by atoms with Crippen LogP contribution in [-0.2, 0) is 3.79 Å². The van der Waals surface area contributed by atoms with E-state index >= 15 is 0 Å². The first-order valence-electron chi connectivity index (χ1n) is 2.94. The Bertz CT molecular complexity index is 288. The Hall–Kier alpha value is 0.670. The van der Waals surface area contributed by atoms with Crippen LogP contribution >= 0.6 is 58.0 Å². The van der Waals surface area contributed by atoms with Gasteiger partial charge in [-0.3, -0.25) is 0 Å². The molecule has 1 aromatic rings. The standard InChI is InChI=1S/C7H3Cl5/c8-5-3-1-2-4(6(5)9)7(10,11)12/h1-3H. The summed E-state index contributed by atoms with van der Waals surface area (Å²) in [6.07, 6.45) is 0. The Morgan fingerprint density at radius 3 is 2.00 bits per heavy atom. The van der Waals surface area contributed by atoms with Gasteiger partial charge in [0.25, 0.3) is 0 Å². The Morgan fingerprint density at radius 2 is 1.58 bits per heavy atom. The molecule has 0 bridgehead atoms. The summed E-state index contributed by atoms with van der Waals surface area (Å²) in [7, 11) is 0. The summed E-state index contributed by atoms with van der Waals surface area (Å²) in [5, 5.41) is 0.652. The average molecular weight is 264 g/mol. The van der Waals surface area contributed by atoms with Crippen LogP contribution < -0.4 is 0 Å². The van der Waals surface area contributed by atoms with Crippen LogP contribution in [0.3, 0.4) is 0 Å². The fraction of sp³-hybridized carbons (Fsp3) is 0.143. The quantitative estimate of drug-likeness (QED) is 0.589. The van der Waals surface area contributed by atoms with Crippen LogP contribution in [-0.4, -0.2) is 0 Å². The van der Waals surface area contributed by atoms with Crippen molar-refractivity contribution in [2.75, 3.05) is 0 Å². The first-order valence-corrected chi connectivity index (χ1v) is 4.83. The highest BCUT2D eigenvalue weighted by molar-refractivity contribution is 6.67. The van der Waals surface area contributed by atoms with Gasteiger partial charge in [0.15, 0.2) is 0 Å². The molecule has 66 valence electrons. The highest BCUT2D eigenvalue weighted by atomic mass is 35.6. The minimum Gasteiger partial charge on any atom is -0.0827 e. The predicted molar refractivity (Wildman–Crippen MR) is 55.7 cm³/mol. The molecule has 0 amide bonds. The van der Waals surface area contributed by atoms with Crippen molar-refractivity contribution in [2.24, 2.45) is 0 Å². The summed E-state index contributed by atoms with van der Waals surface area (Å²) in [5.74, 6) is 0. The van der Waals surface area contributed by atoms with E-state index < -0.39 is 3.79 Å². The zero-order valence-corrected chi connectivity index (χ0v) is 9.40. The molecule has 0 nitrogen and oxygen atoms in total. The van der Waals surface area contributed by atoms with Crippen LogP contribution in [0.5, 0.6) is 0 Å². The lowest BCUT2D eigenvalue weighted by Crippen LogP contribution is -2.00. The summed E-state index contributed by atoms with van der Waals surface area (Å²) in [4.78, 5) is 0. The monoisotopic (exact) mass is 262 g/mol. The molecule has 0 saturated heterocycles. The molecule has 0 atom stereocenters. The van der Waals surface area contributed by atoms with Crippen LogP contribution in [0.4, 0.5) is 0 Å².